The molecule has 1 aliphatic rings. The summed E-state index contributed by atoms with van der Waals surface area (Å²) in [4.78, 5) is 15.0. The molecule has 0 radical (unpaired) electrons. The van der Waals surface area contributed by atoms with Crippen LogP contribution >= 0.6 is 11.3 Å². The summed E-state index contributed by atoms with van der Waals surface area (Å²) < 4.78 is 4.39. The van der Waals surface area contributed by atoms with Gasteiger partial charge in [0, 0.05) is 19.6 Å². The van der Waals surface area contributed by atoms with Crippen LogP contribution < -0.4 is 5.56 Å². The highest BCUT2D eigenvalue weighted by Gasteiger charge is 2.30. The van der Waals surface area contributed by atoms with Crippen molar-refractivity contribution in [1.29, 1.82) is 0 Å². The van der Waals surface area contributed by atoms with Crippen LogP contribution in [-0.2, 0) is 20.1 Å². The highest BCUT2D eigenvalue weighted by atomic mass is 32.1. The van der Waals surface area contributed by atoms with Crippen LogP contribution in [0.3, 0.4) is 0 Å². The lowest BCUT2D eigenvalue weighted by Gasteiger charge is -2.21. The van der Waals surface area contributed by atoms with E-state index in [9.17, 15) is 4.79 Å². The van der Waals surface area contributed by atoms with E-state index < -0.39 is 0 Å². The summed E-state index contributed by atoms with van der Waals surface area (Å²) in [7, 11) is 1.76. The van der Waals surface area contributed by atoms with Crippen molar-refractivity contribution >= 4 is 27.3 Å². The summed E-state index contributed by atoms with van der Waals surface area (Å²) in [5, 5.41) is 10.7. The van der Waals surface area contributed by atoms with Gasteiger partial charge in [-0.25, -0.2) is 0 Å². The van der Waals surface area contributed by atoms with Gasteiger partial charge in [-0.15, -0.1) is 21.5 Å². The normalized spacial score (nSPS) is 14.6. The Kier molecular flexibility index (Phi) is 3.87. The third-order valence-corrected chi connectivity index (χ3v) is 6.20. The van der Waals surface area contributed by atoms with Crippen LogP contribution in [0.1, 0.15) is 29.8 Å². The summed E-state index contributed by atoms with van der Waals surface area (Å²) in [5.74, 6) is 1.50. The molecule has 0 aliphatic heterocycles. The highest BCUT2D eigenvalue weighted by molar-refractivity contribution is 7.17. The molecule has 138 valence electrons. The predicted octanol–water partition coefficient (Wildman–Crippen LogP) is 3.12. The number of thiophene rings is 1. The molecular formula is C20H21N5OS. The molecule has 0 unspecified atom stereocenters. The number of nitrogens with zero attached hydrogens (tertiary/aromatic N) is 5. The van der Waals surface area contributed by atoms with Gasteiger partial charge in [0.05, 0.1) is 12.1 Å². The number of rotatable bonds is 5. The van der Waals surface area contributed by atoms with Crippen molar-refractivity contribution in [2.75, 3.05) is 0 Å². The maximum absolute atomic E-state index is 12.5. The smallest absolute Gasteiger partial charge is 0.272 e. The molecule has 5 rings (SSSR count). The summed E-state index contributed by atoms with van der Waals surface area (Å²) in [6.45, 7) is 3.74. The first-order chi connectivity index (χ1) is 13.1. The van der Waals surface area contributed by atoms with E-state index in [1.54, 1.807) is 11.6 Å². The average Bonchev–Trinajstić information content (AvgIpc) is 3.25. The van der Waals surface area contributed by atoms with Gasteiger partial charge in [0.1, 0.15) is 4.70 Å². The molecule has 1 aromatic carbocycles. The molecule has 0 atom stereocenters. The first kappa shape index (κ1) is 16.6. The fourth-order valence-corrected chi connectivity index (χ4v) is 4.47. The monoisotopic (exact) mass is 379 g/mol. The van der Waals surface area contributed by atoms with Crippen molar-refractivity contribution in [1.82, 2.24) is 24.1 Å². The van der Waals surface area contributed by atoms with Crippen LogP contribution in [0, 0.1) is 6.92 Å². The lowest BCUT2D eigenvalue weighted by Crippen LogP contribution is -2.26. The van der Waals surface area contributed by atoms with Crippen molar-refractivity contribution in [3.05, 3.63) is 63.0 Å². The minimum absolute atomic E-state index is 0.00912. The Morgan fingerprint density at radius 2 is 1.93 bits per heavy atom. The van der Waals surface area contributed by atoms with E-state index in [2.05, 4.69) is 46.3 Å². The Hall–Kier alpha value is -2.51. The number of hydrogen-bond acceptors (Lipinski definition) is 5. The number of fused-ring (bicyclic) bond motifs is 3. The quantitative estimate of drug-likeness (QED) is 0.535. The number of benzene rings is 1. The minimum Gasteiger partial charge on any atom is -0.289 e. The zero-order chi connectivity index (χ0) is 18.5. The Morgan fingerprint density at radius 1 is 1.15 bits per heavy atom. The SMILES string of the molecule is Cc1ccc(CN(Cc2nnc3n(C)c(=O)c4sccc4n23)C2CC2)cc1. The molecule has 1 aliphatic carbocycles. The van der Waals surface area contributed by atoms with Gasteiger partial charge in [0.2, 0.25) is 5.78 Å². The van der Waals surface area contributed by atoms with Gasteiger partial charge in [-0.1, -0.05) is 29.8 Å². The number of hydrogen-bond donors (Lipinski definition) is 0. The fourth-order valence-electron chi connectivity index (χ4n) is 3.62. The third-order valence-electron chi connectivity index (χ3n) is 5.31. The molecule has 6 nitrogen and oxygen atoms in total. The van der Waals surface area contributed by atoms with Crippen LogP contribution in [0.4, 0.5) is 0 Å². The highest BCUT2D eigenvalue weighted by Crippen LogP contribution is 2.30. The topological polar surface area (TPSA) is 55.4 Å². The first-order valence-corrected chi connectivity index (χ1v) is 10.1. The molecule has 4 aromatic rings. The summed E-state index contributed by atoms with van der Waals surface area (Å²) in [6, 6.07) is 11.3. The molecule has 1 fully saturated rings. The van der Waals surface area contributed by atoms with Gasteiger partial charge in [-0.3, -0.25) is 18.7 Å². The minimum atomic E-state index is -0.00912. The van der Waals surface area contributed by atoms with E-state index in [4.69, 9.17) is 0 Å². The molecule has 1 saturated carbocycles. The van der Waals surface area contributed by atoms with Crippen LogP contribution in [0.2, 0.25) is 0 Å². The average molecular weight is 379 g/mol. The van der Waals surface area contributed by atoms with Crippen molar-refractivity contribution in [3.63, 3.8) is 0 Å². The van der Waals surface area contributed by atoms with Crippen LogP contribution in [0.25, 0.3) is 16.0 Å². The third kappa shape index (κ3) is 2.87. The molecule has 0 amide bonds. The van der Waals surface area contributed by atoms with Crippen molar-refractivity contribution in [2.45, 2.75) is 38.9 Å². The Bertz CT molecular complexity index is 1180. The van der Waals surface area contributed by atoms with Gasteiger partial charge >= 0.3 is 0 Å². The second kappa shape index (κ2) is 6.28. The van der Waals surface area contributed by atoms with E-state index in [1.165, 1.54) is 35.3 Å². The zero-order valence-corrected chi connectivity index (χ0v) is 16.2. The van der Waals surface area contributed by atoms with Gasteiger partial charge in [-0.05, 0) is 36.8 Å². The number of aryl methyl sites for hydroxylation is 2. The predicted molar refractivity (Wildman–Crippen MR) is 107 cm³/mol. The lowest BCUT2D eigenvalue weighted by molar-refractivity contribution is 0.239. The van der Waals surface area contributed by atoms with Gasteiger partial charge in [0.15, 0.2) is 5.82 Å². The standard InChI is InChI=1S/C20H21N5OS/c1-13-3-5-14(6-4-13)11-24(15-7-8-15)12-17-21-22-20-23(2)19(26)18-16(25(17)20)9-10-27-18/h3-6,9-10,15H,7-8,11-12H2,1-2H3. The van der Waals surface area contributed by atoms with Crippen LogP contribution in [-0.4, -0.2) is 30.1 Å². The van der Waals surface area contributed by atoms with Crippen molar-refractivity contribution in [3.8, 4) is 0 Å². The Morgan fingerprint density at radius 3 is 2.67 bits per heavy atom. The molecule has 7 heteroatoms. The van der Waals surface area contributed by atoms with E-state index in [-0.39, 0.29) is 5.56 Å². The van der Waals surface area contributed by atoms with E-state index >= 15 is 0 Å². The van der Waals surface area contributed by atoms with Gasteiger partial charge < -0.3 is 0 Å². The fraction of sp³-hybridized carbons (Fsp3) is 0.350. The van der Waals surface area contributed by atoms with Gasteiger partial charge in [-0.2, -0.15) is 0 Å². The van der Waals surface area contributed by atoms with Crippen LogP contribution in [0.15, 0.2) is 40.5 Å². The molecule has 0 N–H and O–H groups in total. The molecule has 0 spiro atoms. The second-order valence-electron chi connectivity index (χ2n) is 7.37. The van der Waals surface area contributed by atoms with E-state index in [1.807, 2.05) is 15.8 Å². The van der Waals surface area contributed by atoms with Gasteiger partial charge in [0.25, 0.3) is 5.56 Å². The largest absolute Gasteiger partial charge is 0.289 e. The summed E-state index contributed by atoms with van der Waals surface area (Å²) in [5.41, 5.74) is 3.49. The summed E-state index contributed by atoms with van der Waals surface area (Å²) in [6.07, 6.45) is 2.46. The zero-order valence-electron chi connectivity index (χ0n) is 15.4. The van der Waals surface area contributed by atoms with E-state index in [0.29, 0.717) is 11.8 Å². The van der Waals surface area contributed by atoms with Crippen LogP contribution in [0.5, 0.6) is 0 Å². The number of aromatic nitrogens is 4. The van der Waals surface area contributed by atoms with Crippen molar-refractivity contribution in [2.24, 2.45) is 7.05 Å². The Labute approximate surface area is 160 Å². The molecule has 27 heavy (non-hydrogen) atoms. The molecule has 3 aromatic heterocycles. The molecule has 0 bridgehead atoms. The molecule has 3 heterocycles. The molecule has 0 saturated heterocycles. The first-order valence-electron chi connectivity index (χ1n) is 9.21. The van der Waals surface area contributed by atoms with Crippen molar-refractivity contribution < 1.29 is 0 Å². The Balaban J connectivity index is 1.54. The van der Waals surface area contributed by atoms with E-state index in [0.717, 1.165) is 29.1 Å². The lowest BCUT2D eigenvalue weighted by atomic mass is 10.1. The maximum atomic E-state index is 12.5. The summed E-state index contributed by atoms with van der Waals surface area (Å²) >= 11 is 1.47. The molecular weight excluding hydrogens is 358 g/mol. The second-order valence-corrected chi connectivity index (χ2v) is 8.29. The maximum Gasteiger partial charge on any atom is 0.272 e.